The number of pyridine rings is 1. The Kier molecular flexibility index (Phi) is 5.11. The van der Waals surface area contributed by atoms with Gasteiger partial charge in [0.05, 0.1) is 17.9 Å². The average molecular weight is 371 g/mol. The minimum Gasteiger partial charge on any atom is -0.478 e. The van der Waals surface area contributed by atoms with E-state index in [1.165, 1.54) is 0 Å². The molecule has 1 atom stereocenters. The van der Waals surface area contributed by atoms with Gasteiger partial charge in [0.2, 0.25) is 11.6 Å². The van der Waals surface area contributed by atoms with Gasteiger partial charge in [-0.25, -0.2) is 4.98 Å². The van der Waals surface area contributed by atoms with Crippen molar-refractivity contribution in [2.75, 3.05) is 26.3 Å². The van der Waals surface area contributed by atoms with Gasteiger partial charge in [-0.1, -0.05) is 11.2 Å². The summed E-state index contributed by atoms with van der Waals surface area (Å²) in [6.45, 7) is 4.58. The summed E-state index contributed by atoms with van der Waals surface area (Å²) in [6, 6.07) is 7.36. The van der Waals surface area contributed by atoms with Crippen molar-refractivity contribution in [3.8, 4) is 5.88 Å². The maximum Gasteiger partial charge on any atom is 0.292 e. The van der Waals surface area contributed by atoms with Crippen molar-refractivity contribution in [2.24, 2.45) is 5.92 Å². The molecule has 0 N–H and O–H groups in total. The van der Waals surface area contributed by atoms with Gasteiger partial charge in [-0.15, -0.1) is 0 Å². The lowest BCUT2D eigenvalue weighted by atomic mass is 9.78. The number of aryl methyl sites for hydroxylation is 1. The largest absolute Gasteiger partial charge is 0.478 e. The van der Waals surface area contributed by atoms with Crippen LogP contribution in [0.5, 0.6) is 5.88 Å². The van der Waals surface area contributed by atoms with Crippen LogP contribution in [0.4, 0.5) is 0 Å². The number of amides is 1. The third-order valence-corrected chi connectivity index (χ3v) is 5.69. The standard InChI is InChI=1S/C20H25N3O4/c1-15-14-17(27-22-15)19(24)23-10-7-20(8-11-23)16(6-13-26-20)5-12-25-18-4-2-3-9-21-18/h2-4,9,14,16H,5-8,10-13H2,1H3. The zero-order valence-electron chi connectivity index (χ0n) is 15.6. The van der Waals surface area contributed by atoms with E-state index in [2.05, 4.69) is 10.1 Å². The summed E-state index contributed by atoms with van der Waals surface area (Å²) >= 11 is 0. The van der Waals surface area contributed by atoms with Gasteiger partial charge in [0.15, 0.2) is 0 Å². The molecule has 144 valence electrons. The van der Waals surface area contributed by atoms with Gasteiger partial charge < -0.3 is 18.9 Å². The fraction of sp³-hybridized carbons (Fsp3) is 0.550. The number of carbonyl (C=O) groups is 1. The maximum absolute atomic E-state index is 12.6. The van der Waals surface area contributed by atoms with Crippen molar-refractivity contribution in [2.45, 2.75) is 38.2 Å². The lowest BCUT2D eigenvalue weighted by Crippen LogP contribution is -2.49. The number of ether oxygens (including phenoxy) is 2. The molecule has 0 aliphatic carbocycles. The Labute approximate surface area is 158 Å². The Morgan fingerprint density at radius 3 is 2.93 bits per heavy atom. The highest BCUT2D eigenvalue weighted by Crippen LogP contribution is 2.42. The van der Waals surface area contributed by atoms with Gasteiger partial charge >= 0.3 is 0 Å². The van der Waals surface area contributed by atoms with E-state index in [0.717, 1.165) is 38.0 Å². The summed E-state index contributed by atoms with van der Waals surface area (Å²) in [5.74, 6) is 1.34. The number of carbonyl (C=O) groups excluding carboxylic acids is 1. The normalized spacial score (nSPS) is 21.5. The van der Waals surface area contributed by atoms with Crippen molar-refractivity contribution in [3.05, 3.63) is 41.9 Å². The topological polar surface area (TPSA) is 77.7 Å². The number of likely N-dealkylation sites (tertiary alicyclic amines) is 1. The summed E-state index contributed by atoms with van der Waals surface area (Å²) < 4.78 is 17.1. The monoisotopic (exact) mass is 371 g/mol. The molecule has 1 amide bonds. The molecule has 4 rings (SSSR count). The van der Waals surface area contributed by atoms with Crippen molar-refractivity contribution in [3.63, 3.8) is 0 Å². The minimum absolute atomic E-state index is 0.0847. The highest BCUT2D eigenvalue weighted by atomic mass is 16.5. The summed E-state index contributed by atoms with van der Waals surface area (Å²) in [7, 11) is 0. The first-order valence-electron chi connectivity index (χ1n) is 9.57. The average Bonchev–Trinajstić information content (AvgIpc) is 3.30. The van der Waals surface area contributed by atoms with E-state index in [4.69, 9.17) is 14.0 Å². The SMILES string of the molecule is Cc1cc(C(=O)N2CCC3(CC2)OCCC3CCOc2ccccn2)on1. The highest BCUT2D eigenvalue weighted by molar-refractivity contribution is 5.91. The molecule has 0 radical (unpaired) electrons. The van der Waals surface area contributed by atoms with Crippen LogP contribution in [0, 0.1) is 12.8 Å². The second-order valence-corrected chi connectivity index (χ2v) is 7.33. The van der Waals surface area contributed by atoms with Gasteiger partial charge in [-0.2, -0.15) is 0 Å². The molecule has 1 unspecified atom stereocenters. The Hall–Kier alpha value is -2.41. The van der Waals surface area contributed by atoms with Gasteiger partial charge in [0, 0.05) is 38.0 Å². The van der Waals surface area contributed by atoms with E-state index in [0.29, 0.717) is 37.3 Å². The summed E-state index contributed by atoms with van der Waals surface area (Å²) in [5.41, 5.74) is 0.584. The molecule has 2 aliphatic rings. The fourth-order valence-electron chi connectivity index (χ4n) is 4.19. The first-order valence-corrected chi connectivity index (χ1v) is 9.57. The van der Waals surface area contributed by atoms with E-state index < -0.39 is 0 Å². The first kappa shape index (κ1) is 18.0. The predicted molar refractivity (Wildman–Crippen MR) is 97.5 cm³/mol. The van der Waals surface area contributed by atoms with Crippen molar-refractivity contribution < 1.29 is 18.8 Å². The lowest BCUT2D eigenvalue weighted by molar-refractivity contribution is -0.0652. The summed E-state index contributed by atoms with van der Waals surface area (Å²) in [4.78, 5) is 18.6. The molecular formula is C20H25N3O4. The smallest absolute Gasteiger partial charge is 0.292 e. The fourth-order valence-corrected chi connectivity index (χ4v) is 4.19. The summed E-state index contributed by atoms with van der Waals surface area (Å²) in [5, 5.41) is 3.81. The van der Waals surface area contributed by atoms with Crippen molar-refractivity contribution in [1.29, 1.82) is 0 Å². The number of rotatable bonds is 5. The molecule has 2 fully saturated rings. The van der Waals surface area contributed by atoms with Gasteiger partial charge in [-0.05, 0) is 44.6 Å². The Morgan fingerprint density at radius 2 is 2.22 bits per heavy atom. The second kappa shape index (κ2) is 7.68. The lowest BCUT2D eigenvalue weighted by Gasteiger charge is -2.42. The molecule has 0 bridgehead atoms. The van der Waals surface area contributed by atoms with E-state index >= 15 is 0 Å². The highest BCUT2D eigenvalue weighted by Gasteiger charge is 2.46. The number of nitrogens with zero attached hydrogens (tertiary/aromatic N) is 3. The molecule has 7 nitrogen and oxygen atoms in total. The Balaban J connectivity index is 1.31. The van der Waals surface area contributed by atoms with E-state index in [1.54, 1.807) is 12.3 Å². The van der Waals surface area contributed by atoms with Crippen LogP contribution in [0.15, 0.2) is 35.0 Å². The van der Waals surface area contributed by atoms with Crippen LogP contribution in [0.25, 0.3) is 0 Å². The van der Waals surface area contributed by atoms with Gasteiger partial charge in [0.25, 0.3) is 5.91 Å². The second-order valence-electron chi connectivity index (χ2n) is 7.33. The van der Waals surface area contributed by atoms with Crippen LogP contribution < -0.4 is 4.74 Å². The van der Waals surface area contributed by atoms with Crippen molar-refractivity contribution in [1.82, 2.24) is 15.0 Å². The number of aromatic nitrogens is 2. The zero-order valence-corrected chi connectivity index (χ0v) is 15.6. The number of hydrogen-bond acceptors (Lipinski definition) is 6. The molecule has 1 spiro atoms. The Bertz CT molecular complexity index is 769. The van der Waals surface area contributed by atoms with Crippen LogP contribution in [0.3, 0.4) is 0 Å². The van der Waals surface area contributed by atoms with Gasteiger partial charge in [-0.3, -0.25) is 4.79 Å². The molecule has 2 saturated heterocycles. The third kappa shape index (κ3) is 3.83. The van der Waals surface area contributed by atoms with Crippen LogP contribution >= 0.6 is 0 Å². The van der Waals surface area contributed by atoms with Crippen LogP contribution in [-0.2, 0) is 4.74 Å². The molecule has 0 aromatic carbocycles. The van der Waals surface area contributed by atoms with Crippen molar-refractivity contribution >= 4 is 5.91 Å². The predicted octanol–water partition coefficient (Wildman–Crippen LogP) is 2.86. The van der Waals surface area contributed by atoms with Gasteiger partial charge in [0.1, 0.15) is 0 Å². The molecule has 2 aromatic heterocycles. The van der Waals surface area contributed by atoms with Crippen LogP contribution in [-0.4, -0.2) is 52.9 Å². The van der Waals surface area contributed by atoms with Crippen LogP contribution in [0.1, 0.15) is 41.9 Å². The third-order valence-electron chi connectivity index (χ3n) is 5.69. The molecule has 27 heavy (non-hydrogen) atoms. The maximum atomic E-state index is 12.6. The number of piperidine rings is 1. The first-order chi connectivity index (χ1) is 13.2. The van der Waals surface area contributed by atoms with E-state index in [-0.39, 0.29) is 11.5 Å². The molecule has 4 heterocycles. The molecule has 2 aliphatic heterocycles. The Morgan fingerprint density at radius 1 is 1.37 bits per heavy atom. The molecule has 7 heteroatoms. The van der Waals surface area contributed by atoms with Crippen LogP contribution in [0.2, 0.25) is 0 Å². The molecule has 0 saturated carbocycles. The quantitative estimate of drug-likeness (QED) is 0.804. The molecule has 2 aromatic rings. The summed E-state index contributed by atoms with van der Waals surface area (Å²) in [6.07, 6.45) is 5.41. The van der Waals surface area contributed by atoms with E-state index in [1.807, 2.05) is 30.0 Å². The minimum atomic E-state index is -0.137. The zero-order chi connectivity index (χ0) is 18.7. The number of hydrogen-bond donors (Lipinski definition) is 0. The molecular weight excluding hydrogens is 346 g/mol. The van der Waals surface area contributed by atoms with E-state index in [9.17, 15) is 4.79 Å².